The zero-order chi connectivity index (χ0) is 52.5. The summed E-state index contributed by atoms with van der Waals surface area (Å²) >= 11 is 0. The Morgan fingerprint density at radius 3 is 1.21 bits per heavy atom. The van der Waals surface area contributed by atoms with E-state index in [0.717, 1.165) is 25.7 Å². The average Bonchev–Trinajstić information content (AvgIpc) is 3.36. The maximum Gasteiger partial charge on any atom is 0.340 e. The van der Waals surface area contributed by atoms with Crippen LogP contribution in [0.4, 0.5) is 22.7 Å². The van der Waals surface area contributed by atoms with Crippen molar-refractivity contribution in [1.29, 1.82) is 10.5 Å². The molecule has 374 valence electrons. The molecule has 2 N–H and O–H groups in total. The molecule has 20 heteroatoms. The number of carbonyl (C=O) groups excluding carboxylic acids is 4. The highest BCUT2D eigenvalue weighted by atomic mass is 16.5. The highest BCUT2D eigenvalue weighted by Gasteiger charge is 2.25. The molecular weight excluding hydrogens is 929 g/mol. The number of rotatable bonds is 22. The van der Waals surface area contributed by atoms with Gasteiger partial charge in [0.2, 0.25) is 11.8 Å². The van der Waals surface area contributed by atoms with E-state index in [1.54, 1.807) is 0 Å². The van der Waals surface area contributed by atoms with E-state index in [4.69, 9.17) is 18.9 Å². The molecular formula is C52H54N8O12. The largest absolute Gasteiger partial charge is 0.493 e. The Kier molecular flexibility index (Phi) is 19.3. The molecule has 2 heterocycles. The number of hydrogen-bond acceptors (Lipinski definition) is 18. The standard InChI is InChI=1S/C52H54N8O12/c1-7-11-22-69-49(65)33-18-20-37(51(67)71-24-13-9-3)41(26-33)55-57-43-31(5)39(29-53)45(61)59(47(43)63)35-16-15-17-36(28-35)60-46(62)40(30-54)32(6)44(48(60)64)58-56-42-27-34(50(66)70-23-12-8-2)19-21-38(42)52(68)72-25-14-10-4/h15-21,26-28,63-64H,7-14,22-25H2,1-6H3/b57-55+,58-56+. The number of ether oxygens (including phenoxy) is 4. The molecule has 20 nitrogen and oxygen atoms in total. The van der Waals surface area contributed by atoms with Gasteiger partial charge in [0.05, 0.1) is 60.1 Å². The molecule has 5 rings (SSSR count). The molecule has 3 aromatic carbocycles. The molecule has 0 unspecified atom stereocenters. The first kappa shape index (κ1) is 54.2. The summed E-state index contributed by atoms with van der Waals surface area (Å²) in [7, 11) is 0. The van der Waals surface area contributed by atoms with Crippen LogP contribution in [0.1, 0.15) is 143 Å². The molecule has 0 bridgehead atoms. The van der Waals surface area contributed by atoms with Crippen molar-refractivity contribution in [2.24, 2.45) is 20.5 Å². The number of carbonyl (C=O) groups is 4. The Bertz CT molecular complexity index is 2940. The van der Waals surface area contributed by atoms with Gasteiger partial charge in [-0.25, -0.2) is 28.3 Å². The molecule has 0 aliphatic rings. The van der Waals surface area contributed by atoms with Crippen LogP contribution < -0.4 is 11.1 Å². The van der Waals surface area contributed by atoms with Crippen LogP contribution in [0.5, 0.6) is 11.8 Å². The first-order valence-electron chi connectivity index (χ1n) is 23.4. The highest BCUT2D eigenvalue weighted by Crippen LogP contribution is 2.38. The summed E-state index contributed by atoms with van der Waals surface area (Å²) in [5.41, 5.74) is -4.73. The van der Waals surface area contributed by atoms with Crippen molar-refractivity contribution in [1.82, 2.24) is 9.13 Å². The number of hydrogen-bond donors (Lipinski definition) is 2. The molecule has 72 heavy (non-hydrogen) atoms. The minimum absolute atomic E-state index is 0.0330. The Labute approximate surface area is 414 Å². The van der Waals surface area contributed by atoms with E-state index in [-0.39, 0.29) is 82.6 Å². The van der Waals surface area contributed by atoms with Crippen LogP contribution in [-0.4, -0.2) is 69.7 Å². The molecule has 0 atom stereocenters. The smallest absolute Gasteiger partial charge is 0.340 e. The van der Waals surface area contributed by atoms with Crippen molar-refractivity contribution in [3.05, 3.63) is 126 Å². The minimum atomic E-state index is -1.02. The number of aromatic nitrogens is 2. The molecule has 0 saturated heterocycles. The molecule has 0 radical (unpaired) electrons. The number of aromatic hydroxyl groups is 2. The second-order valence-electron chi connectivity index (χ2n) is 16.2. The fourth-order valence-electron chi connectivity index (χ4n) is 6.87. The number of esters is 4. The Balaban J connectivity index is 1.65. The van der Waals surface area contributed by atoms with Crippen LogP contribution in [0.3, 0.4) is 0 Å². The molecule has 0 aliphatic carbocycles. The monoisotopic (exact) mass is 982 g/mol. The molecule has 0 amide bonds. The topological polar surface area (TPSA) is 287 Å². The van der Waals surface area contributed by atoms with Gasteiger partial charge in [0, 0.05) is 11.1 Å². The number of azo groups is 2. The summed E-state index contributed by atoms with van der Waals surface area (Å²) in [4.78, 5) is 80.2. The van der Waals surface area contributed by atoms with E-state index in [9.17, 15) is 49.5 Å². The quantitative estimate of drug-likeness (QED) is 0.0282. The number of pyridine rings is 2. The summed E-state index contributed by atoms with van der Waals surface area (Å²) in [6, 6.07) is 16.7. The summed E-state index contributed by atoms with van der Waals surface area (Å²) in [6.07, 6.45) is 5.43. The van der Waals surface area contributed by atoms with Crippen molar-refractivity contribution in [2.45, 2.75) is 92.9 Å². The molecule has 5 aromatic rings. The van der Waals surface area contributed by atoms with Crippen LogP contribution in [0.2, 0.25) is 0 Å². The summed E-state index contributed by atoms with van der Waals surface area (Å²) < 4.78 is 22.9. The molecule has 0 saturated carbocycles. The first-order valence-corrected chi connectivity index (χ1v) is 23.4. The third-order valence-electron chi connectivity index (χ3n) is 11.1. The lowest BCUT2D eigenvalue weighted by atomic mass is 10.1. The zero-order valence-electron chi connectivity index (χ0n) is 40.8. The van der Waals surface area contributed by atoms with Crippen LogP contribution in [0.25, 0.3) is 11.4 Å². The predicted octanol–water partition coefficient (Wildman–Crippen LogP) is 10.4. The van der Waals surface area contributed by atoms with Crippen molar-refractivity contribution in [3.8, 4) is 35.3 Å². The minimum Gasteiger partial charge on any atom is -0.493 e. The van der Waals surface area contributed by atoms with E-state index >= 15 is 0 Å². The van der Waals surface area contributed by atoms with Crippen LogP contribution >= 0.6 is 0 Å². The van der Waals surface area contributed by atoms with Gasteiger partial charge >= 0.3 is 23.9 Å². The molecule has 0 aliphatic heterocycles. The van der Waals surface area contributed by atoms with Gasteiger partial charge in [0.1, 0.15) is 34.6 Å². The normalized spacial score (nSPS) is 11.1. The van der Waals surface area contributed by atoms with Crippen molar-refractivity contribution >= 4 is 46.6 Å². The lowest BCUT2D eigenvalue weighted by Gasteiger charge is -2.16. The van der Waals surface area contributed by atoms with Crippen LogP contribution in [-0.2, 0) is 18.9 Å². The second-order valence-corrected chi connectivity index (χ2v) is 16.2. The SMILES string of the molecule is CCCCOC(=O)c1ccc(C(=O)OCCCC)c(/N=N/c2c(C)c(C#N)c(=O)n(-c3cccc(-n4c(O)c(/N=N/c5cc(C(=O)OCCCC)ccc5C(=O)OCCCC)c(C)c(C#N)c4=O)c3)c2O)c1. The Morgan fingerprint density at radius 2 is 0.875 bits per heavy atom. The fraction of sp³-hybridized carbons (Fsp3) is 0.346. The summed E-state index contributed by atoms with van der Waals surface area (Å²) in [5.74, 6) is -4.62. The van der Waals surface area contributed by atoms with Gasteiger partial charge in [0.25, 0.3) is 11.1 Å². The van der Waals surface area contributed by atoms with E-state index in [1.807, 2.05) is 39.8 Å². The number of unbranched alkanes of at least 4 members (excludes halogenated alkanes) is 4. The van der Waals surface area contributed by atoms with Crippen LogP contribution in [0, 0.1) is 36.5 Å². The highest BCUT2D eigenvalue weighted by molar-refractivity contribution is 5.99. The molecule has 0 fully saturated rings. The molecule has 0 spiro atoms. The maximum atomic E-state index is 14.0. The first-order chi connectivity index (χ1) is 34.7. The van der Waals surface area contributed by atoms with E-state index in [2.05, 4.69) is 20.5 Å². The average molecular weight is 983 g/mol. The number of nitrogens with zero attached hydrogens (tertiary/aromatic N) is 8. The zero-order valence-corrected chi connectivity index (χ0v) is 40.8. The van der Waals surface area contributed by atoms with Gasteiger partial charge in [0.15, 0.2) is 11.4 Å². The summed E-state index contributed by atoms with van der Waals surface area (Å²) in [6.45, 7) is 10.9. The van der Waals surface area contributed by atoms with E-state index in [0.29, 0.717) is 34.8 Å². The van der Waals surface area contributed by atoms with Gasteiger partial charge in [-0.3, -0.25) is 9.59 Å². The predicted molar refractivity (Wildman–Crippen MR) is 262 cm³/mol. The van der Waals surface area contributed by atoms with Gasteiger partial charge in [-0.15, -0.1) is 20.5 Å². The van der Waals surface area contributed by atoms with Gasteiger partial charge in [-0.05, 0) is 94.1 Å². The van der Waals surface area contributed by atoms with Gasteiger partial charge in [-0.2, -0.15) is 10.5 Å². The fourth-order valence-corrected chi connectivity index (χ4v) is 6.87. The van der Waals surface area contributed by atoms with Crippen LogP contribution in [0.15, 0.2) is 90.7 Å². The number of benzene rings is 3. The van der Waals surface area contributed by atoms with Crippen molar-refractivity contribution < 1.29 is 48.3 Å². The lowest BCUT2D eigenvalue weighted by molar-refractivity contribution is 0.0486. The third kappa shape index (κ3) is 12.5. The van der Waals surface area contributed by atoms with Gasteiger partial charge in [-0.1, -0.05) is 59.4 Å². The van der Waals surface area contributed by atoms with Crippen molar-refractivity contribution in [3.63, 3.8) is 0 Å². The van der Waals surface area contributed by atoms with Gasteiger partial charge < -0.3 is 29.2 Å². The Hall–Kier alpha value is -8.78. The van der Waals surface area contributed by atoms with Crippen molar-refractivity contribution in [2.75, 3.05) is 26.4 Å². The second kappa shape index (κ2) is 25.7. The van der Waals surface area contributed by atoms with E-state index in [1.165, 1.54) is 74.5 Å². The Morgan fingerprint density at radius 1 is 0.528 bits per heavy atom. The summed E-state index contributed by atoms with van der Waals surface area (Å²) in [5, 5.41) is 60.8. The lowest BCUT2D eigenvalue weighted by Crippen LogP contribution is -2.24. The van der Waals surface area contributed by atoms with E-state index < -0.39 is 69.3 Å². The maximum absolute atomic E-state index is 14.0. The molecule has 2 aromatic heterocycles. The number of nitriles is 2. The third-order valence-corrected chi connectivity index (χ3v) is 11.1.